The molecule has 16 heteroatoms. The quantitative estimate of drug-likeness (QED) is 0.286. The van der Waals surface area contributed by atoms with Crippen LogP contribution in [0.1, 0.15) is 17.6 Å². The topological polar surface area (TPSA) is 180 Å². The molecule has 0 amide bonds. The number of aryl methyl sites for hydroxylation is 1. The van der Waals surface area contributed by atoms with Crippen LogP contribution in [0.5, 0.6) is 0 Å². The predicted octanol–water partition coefficient (Wildman–Crippen LogP) is 1.70. The molecule has 2 aromatic heterocycles. The fourth-order valence-electron chi connectivity index (χ4n) is 3.92. The first-order chi connectivity index (χ1) is 16.8. The highest BCUT2D eigenvalue weighted by molar-refractivity contribution is 7.70. The van der Waals surface area contributed by atoms with Crippen molar-refractivity contribution in [1.29, 1.82) is 0 Å². The maximum absolute atomic E-state index is 15.1. The standard InChI is InChI=1S/C20H26FN5O8P2/c1-12-23-18(25(2)8-13-6-4-3-5-7-13)16-19(24-12)26(10-22-16)20-15(21)17(27)14(34-20)9-33-36(31,32)11-35(28,29)30/h3-7,10,14-15,17,20,27H,8-9,11H2,1-2H3,(H,31,32)(H2,28,29,30)/t14-,15+,17-,20-/m1/s1. The minimum Gasteiger partial charge on any atom is -0.387 e. The van der Waals surface area contributed by atoms with Crippen LogP contribution < -0.4 is 4.90 Å². The van der Waals surface area contributed by atoms with E-state index < -0.39 is 52.3 Å². The van der Waals surface area contributed by atoms with E-state index in [2.05, 4.69) is 15.0 Å². The highest BCUT2D eigenvalue weighted by atomic mass is 31.2. The van der Waals surface area contributed by atoms with Crippen molar-refractivity contribution in [1.82, 2.24) is 19.5 Å². The molecule has 0 saturated carbocycles. The maximum atomic E-state index is 15.1. The molecule has 13 nitrogen and oxygen atoms in total. The molecule has 1 aliphatic heterocycles. The van der Waals surface area contributed by atoms with Crippen LogP contribution in [0.3, 0.4) is 0 Å². The lowest BCUT2D eigenvalue weighted by atomic mass is 10.1. The van der Waals surface area contributed by atoms with Crippen LogP contribution in [-0.4, -0.2) is 77.2 Å². The minimum absolute atomic E-state index is 0.258. The van der Waals surface area contributed by atoms with Gasteiger partial charge in [-0.15, -0.1) is 0 Å². The number of aliphatic hydroxyl groups excluding tert-OH is 1. The molecule has 1 unspecified atom stereocenters. The molecule has 3 heterocycles. The van der Waals surface area contributed by atoms with Crippen molar-refractivity contribution in [3.05, 3.63) is 48.0 Å². The summed E-state index contributed by atoms with van der Waals surface area (Å²) in [5, 5.41) is 10.3. The Balaban J connectivity index is 1.56. The van der Waals surface area contributed by atoms with E-state index in [1.807, 2.05) is 42.3 Å². The van der Waals surface area contributed by atoms with Crippen molar-refractivity contribution in [3.63, 3.8) is 0 Å². The summed E-state index contributed by atoms with van der Waals surface area (Å²) in [6.45, 7) is 1.43. The molecule has 0 bridgehead atoms. The van der Waals surface area contributed by atoms with Gasteiger partial charge in [0.25, 0.3) is 0 Å². The molecule has 4 N–H and O–H groups in total. The number of nitrogens with zero attached hydrogens (tertiary/aromatic N) is 5. The fourth-order valence-corrected chi connectivity index (χ4v) is 6.49. The van der Waals surface area contributed by atoms with E-state index in [4.69, 9.17) is 19.0 Å². The van der Waals surface area contributed by atoms with Crippen LogP contribution in [0.2, 0.25) is 0 Å². The number of aromatic nitrogens is 4. The van der Waals surface area contributed by atoms with E-state index in [0.29, 0.717) is 23.7 Å². The van der Waals surface area contributed by atoms with E-state index >= 15 is 4.39 Å². The van der Waals surface area contributed by atoms with Crippen LogP contribution in [0.15, 0.2) is 36.7 Å². The Morgan fingerprint density at radius 2 is 1.89 bits per heavy atom. The number of fused-ring (bicyclic) bond motifs is 1. The smallest absolute Gasteiger partial charge is 0.340 e. The zero-order chi connectivity index (χ0) is 26.3. The number of hydrogen-bond acceptors (Lipinski definition) is 9. The van der Waals surface area contributed by atoms with Gasteiger partial charge in [-0.05, 0) is 12.5 Å². The summed E-state index contributed by atoms with van der Waals surface area (Å²) in [5.41, 5.74) is 1.68. The monoisotopic (exact) mass is 545 g/mol. The number of alkyl halides is 1. The van der Waals surface area contributed by atoms with Gasteiger partial charge in [0.2, 0.25) is 0 Å². The lowest BCUT2D eigenvalue weighted by Gasteiger charge is -2.20. The minimum atomic E-state index is -4.84. The number of aliphatic hydroxyl groups is 1. The van der Waals surface area contributed by atoms with Crippen molar-refractivity contribution < 1.29 is 42.6 Å². The molecule has 0 spiro atoms. The van der Waals surface area contributed by atoms with Crippen LogP contribution >= 0.6 is 15.2 Å². The van der Waals surface area contributed by atoms with Gasteiger partial charge in [0, 0.05) is 13.6 Å². The molecule has 36 heavy (non-hydrogen) atoms. The van der Waals surface area contributed by atoms with Gasteiger partial charge < -0.3 is 33.9 Å². The Hall–Kier alpha value is -2.28. The number of benzene rings is 1. The van der Waals surface area contributed by atoms with E-state index in [9.17, 15) is 19.1 Å². The van der Waals surface area contributed by atoms with Gasteiger partial charge in [0.1, 0.15) is 18.0 Å². The summed E-state index contributed by atoms with van der Waals surface area (Å²) in [6, 6.07) is 9.69. The Morgan fingerprint density at radius 1 is 1.19 bits per heavy atom. The third-order valence-electron chi connectivity index (χ3n) is 5.51. The van der Waals surface area contributed by atoms with Gasteiger partial charge in [-0.1, -0.05) is 30.3 Å². The summed E-state index contributed by atoms with van der Waals surface area (Å²) in [5.74, 6) is -0.508. The van der Waals surface area contributed by atoms with E-state index in [-0.39, 0.29) is 5.65 Å². The van der Waals surface area contributed by atoms with Gasteiger partial charge in [-0.3, -0.25) is 13.7 Å². The summed E-state index contributed by atoms with van der Waals surface area (Å²) < 4.78 is 49.6. The lowest BCUT2D eigenvalue weighted by molar-refractivity contribution is -0.0425. The first-order valence-corrected chi connectivity index (χ1v) is 14.4. The van der Waals surface area contributed by atoms with Gasteiger partial charge in [-0.25, -0.2) is 19.3 Å². The Labute approximate surface area is 205 Å². The third-order valence-corrected chi connectivity index (χ3v) is 8.97. The largest absolute Gasteiger partial charge is 0.387 e. The van der Waals surface area contributed by atoms with Crippen LogP contribution in [0.25, 0.3) is 11.2 Å². The molecule has 0 aliphatic carbocycles. The highest BCUT2D eigenvalue weighted by Gasteiger charge is 2.47. The molecule has 1 aromatic carbocycles. The van der Waals surface area contributed by atoms with Gasteiger partial charge in [0.15, 0.2) is 35.3 Å². The highest BCUT2D eigenvalue weighted by Crippen LogP contribution is 2.55. The van der Waals surface area contributed by atoms with E-state index in [1.54, 1.807) is 6.92 Å². The molecule has 0 radical (unpaired) electrons. The Morgan fingerprint density at radius 3 is 2.56 bits per heavy atom. The van der Waals surface area contributed by atoms with Crippen molar-refractivity contribution in [2.24, 2.45) is 0 Å². The normalized spacial score (nSPS) is 24.2. The van der Waals surface area contributed by atoms with E-state index in [0.717, 1.165) is 5.56 Å². The van der Waals surface area contributed by atoms with Crippen molar-refractivity contribution in [3.8, 4) is 0 Å². The number of imidazole rings is 1. The predicted molar refractivity (Wildman–Crippen MR) is 126 cm³/mol. The second-order valence-electron chi connectivity index (χ2n) is 8.50. The van der Waals surface area contributed by atoms with Crippen LogP contribution in [-0.2, 0) is 24.9 Å². The first kappa shape index (κ1) is 26.8. The molecule has 1 fully saturated rings. The zero-order valence-electron chi connectivity index (χ0n) is 19.3. The summed E-state index contributed by atoms with van der Waals surface area (Å²) in [6.07, 6.45) is -5.19. The number of rotatable bonds is 9. The average Bonchev–Trinajstić information content (AvgIpc) is 3.31. The molecule has 4 rings (SSSR count). The van der Waals surface area contributed by atoms with Crippen LogP contribution in [0, 0.1) is 6.92 Å². The Kier molecular flexibility index (Phi) is 7.61. The maximum Gasteiger partial charge on any atom is 0.340 e. The molecule has 1 aliphatic rings. The summed E-state index contributed by atoms with van der Waals surface area (Å²) in [4.78, 5) is 42.5. The average molecular weight is 545 g/mol. The summed E-state index contributed by atoms with van der Waals surface area (Å²) in [7, 11) is -7.72. The third kappa shape index (κ3) is 5.99. The fraction of sp³-hybridized carbons (Fsp3) is 0.450. The van der Waals surface area contributed by atoms with Crippen LogP contribution in [0.4, 0.5) is 10.2 Å². The molecule has 3 aromatic rings. The molecule has 1 saturated heterocycles. The van der Waals surface area contributed by atoms with Gasteiger partial charge in [0.05, 0.1) is 12.9 Å². The molecular formula is C20H26FN5O8P2. The second kappa shape index (κ2) is 10.2. The number of ether oxygens (including phenoxy) is 1. The van der Waals surface area contributed by atoms with Gasteiger partial charge >= 0.3 is 15.2 Å². The number of hydrogen-bond donors (Lipinski definition) is 4. The Bertz CT molecular complexity index is 1320. The molecule has 196 valence electrons. The lowest BCUT2D eigenvalue weighted by Crippen LogP contribution is -2.31. The van der Waals surface area contributed by atoms with Gasteiger partial charge in [-0.2, -0.15) is 0 Å². The zero-order valence-corrected chi connectivity index (χ0v) is 21.1. The van der Waals surface area contributed by atoms with Crippen molar-refractivity contribution in [2.75, 3.05) is 24.5 Å². The molecule has 5 atom stereocenters. The number of anilines is 1. The summed E-state index contributed by atoms with van der Waals surface area (Å²) >= 11 is 0. The van der Waals surface area contributed by atoms with E-state index in [1.165, 1.54) is 10.9 Å². The van der Waals surface area contributed by atoms with Crippen molar-refractivity contribution >= 4 is 32.2 Å². The molecular weight excluding hydrogens is 519 g/mol. The van der Waals surface area contributed by atoms with Crippen molar-refractivity contribution in [2.45, 2.75) is 38.1 Å². The number of halogens is 1. The SMILES string of the molecule is Cc1nc(N(C)Cc2ccccc2)c2ncn([C@@H]3O[C@H](COP(=O)(O)CP(=O)(O)O)[C@@H](O)[C@@H]3F)c2n1. The second-order valence-corrected chi connectivity index (χ2v) is 12.5. The first-order valence-electron chi connectivity index (χ1n) is 10.8.